The predicted octanol–water partition coefficient (Wildman–Crippen LogP) is 8.48. The molecule has 18 heteroatoms. The van der Waals surface area contributed by atoms with Crippen molar-refractivity contribution in [2.45, 2.75) is 160 Å². The van der Waals surface area contributed by atoms with Crippen LogP contribution in [0.4, 0.5) is 5.69 Å². The molecule has 2 amide bonds. The van der Waals surface area contributed by atoms with Crippen molar-refractivity contribution in [3.05, 3.63) is 82.2 Å². The molecule has 14 rings (SSSR count). The molecule has 17 nitrogen and oxygen atoms in total. The molecule has 3 aliphatic carbocycles. The number of nitrogens with one attached hydrogen (secondary N) is 2. The minimum absolute atomic E-state index is 0.0192. The fourth-order valence-corrected chi connectivity index (χ4v) is 15.5. The first-order chi connectivity index (χ1) is 39.1. The molecule has 8 atom stereocenters. The SMILES string of the molecule is CO[C@@H](C)c1ncc(N2CCN(C3CC3)CC2)cc1-c1c2c3cc(ccc3n1CCO[C@H]1CCOC(C)(C)C1)-c1csc(n1)[C@@H](N1CCCC1)[C@H](NC(=O)[C@@H]1[C@@H](C)[C@H]1c1ccccn1)C(=O)N1N[C@H](C(=O)OCC(C)(C)C2)C2CC1C2. The molecule has 2 N–H and O–H groups in total. The number of aromatic nitrogens is 4. The quantitative estimate of drug-likeness (QED) is 0.108. The average molecular weight is 1120 g/mol. The number of cyclic esters (lactones) is 1. The highest BCUT2D eigenvalue weighted by molar-refractivity contribution is 7.10. The third kappa shape index (κ3) is 10.8. The number of carbonyl (C=O) groups is 3. The van der Waals surface area contributed by atoms with E-state index in [0.717, 1.165) is 132 Å². The second-order valence-corrected chi connectivity index (χ2v) is 27.0. The monoisotopic (exact) mass is 1120 g/mol. The van der Waals surface area contributed by atoms with Crippen LogP contribution in [0.3, 0.4) is 0 Å². The van der Waals surface area contributed by atoms with E-state index in [2.05, 4.69) is 106 Å². The van der Waals surface area contributed by atoms with Gasteiger partial charge in [-0.15, -0.1) is 11.3 Å². The van der Waals surface area contributed by atoms with Crippen molar-refractivity contribution < 1.29 is 33.3 Å². The number of benzene rings is 1. The van der Waals surface area contributed by atoms with Gasteiger partial charge < -0.3 is 33.7 Å². The van der Waals surface area contributed by atoms with Gasteiger partial charge in [-0.2, -0.15) is 0 Å². The van der Waals surface area contributed by atoms with Crippen LogP contribution in [0.1, 0.15) is 133 Å². The lowest BCUT2D eigenvalue weighted by Gasteiger charge is -2.53. The van der Waals surface area contributed by atoms with Gasteiger partial charge in [0, 0.05) is 121 Å². The summed E-state index contributed by atoms with van der Waals surface area (Å²) < 4.78 is 28.1. The summed E-state index contributed by atoms with van der Waals surface area (Å²) in [4.78, 5) is 68.1. The number of piperazine rings is 1. The molecule has 5 aromatic rings. The average Bonchev–Trinajstić information content (AvgIpc) is 4.36. The van der Waals surface area contributed by atoms with E-state index < -0.39 is 23.5 Å². The van der Waals surface area contributed by atoms with E-state index in [-0.39, 0.29) is 71.9 Å². The van der Waals surface area contributed by atoms with E-state index in [1.807, 2.05) is 24.4 Å². The van der Waals surface area contributed by atoms with Gasteiger partial charge in [0.25, 0.3) is 5.91 Å². The summed E-state index contributed by atoms with van der Waals surface area (Å²) >= 11 is 1.54. The molecule has 4 aromatic heterocycles. The molecular formula is C63H82N10O7S. The van der Waals surface area contributed by atoms with Crippen molar-refractivity contribution >= 4 is 45.7 Å². The van der Waals surface area contributed by atoms with Crippen molar-refractivity contribution in [2.75, 3.05) is 71.1 Å². The number of pyridine rings is 2. The smallest absolute Gasteiger partial charge is 0.325 e. The molecule has 5 saturated heterocycles. The molecule has 81 heavy (non-hydrogen) atoms. The van der Waals surface area contributed by atoms with Crippen molar-refractivity contribution in [2.24, 2.45) is 23.2 Å². The summed E-state index contributed by atoms with van der Waals surface area (Å²) in [6, 6.07) is 13.2. The van der Waals surface area contributed by atoms with Crippen molar-refractivity contribution in [3.63, 3.8) is 0 Å². The zero-order valence-electron chi connectivity index (χ0n) is 48.4. The Labute approximate surface area is 480 Å². The Bertz CT molecular complexity index is 3140. The highest BCUT2D eigenvalue weighted by atomic mass is 32.1. The Balaban J connectivity index is 0.944. The van der Waals surface area contributed by atoms with Crippen LogP contribution in [0, 0.1) is 23.2 Å². The Hall–Kier alpha value is -5.34. The highest BCUT2D eigenvalue weighted by Gasteiger charge is 2.56. The standard InChI is InChI=1S/C63H82N10O7S/c1-37-51(48-12-8-9-18-64-48)52(37)58(74)67-55-57(71-19-10-11-20-71)59-66-49(35-81-59)39-13-16-50-45(30-39)47(33-62(3,4)36-79-61(76)54-40-28-42(29-40)73(68-54)60(55)75)56(72(50)25-27-78-44-17-26-80-63(5,6)32-44)46-31-43(34-65-53(46)38(2)77-7)70-23-21-69(22-24-70)41-14-15-41/h8-9,12-13,16,18,30-31,34-35,37-38,40-42,44,51-52,54-55,57,68H,10-11,14-15,17,19-29,32-33,36H2,1-7H3,(H,67,74)/t37-,38-,40?,42?,44-,51-,52+,54-,55-,57-/m0/s1. The van der Waals surface area contributed by atoms with Crippen LogP contribution in [0.25, 0.3) is 33.4 Å². The predicted molar refractivity (Wildman–Crippen MR) is 311 cm³/mol. The molecule has 0 unspecified atom stereocenters. The van der Waals surface area contributed by atoms with Gasteiger partial charge in [-0.05, 0) is 133 Å². The maximum Gasteiger partial charge on any atom is 0.325 e. The lowest BCUT2D eigenvalue weighted by atomic mass is 9.73. The zero-order chi connectivity index (χ0) is 55.9. The van der Waals surface area contributed by atoms with Gasteiger partial charge in [-0.1, -0.05) is 32.9 Å². The second kappa shape index (κ2) is 22.0. The third-order valence-corrected chi connectivity index (χ3v) is 20.3. The Morgan fingerprint density at radius 3 is 2.51 bits per heavy atom. The van der Waals surface area contributed by atoms with Crippen LogP contribution < -0.4 is 15.6 Å². The number of likely N-dealkylation sites (tertiary alicyclic amines) is 1. The van der Waals surface area contributed by atoms with Crippen LogP contribution in [0.15, 0.2) is 60.2 Å². The van der Waals surface area contributed by atoms with E-state index in [1.165, 1.54) is 12.8 Å². The van der Waals surface area contributed by atoms with Crippen LogP contribution in [-0.2, 0) is 46.3 Å². The maximum absolute atomic E-state index is 15.6. The van der Waals surface area contributed by atoms with E-state index in [9.17, 15) is 9.59 Å². The molecule has 432 valence electrons. The van der Waals surface area contributed by atoms with Gasteiger partial charge in [-0.3, -0.25) is 39.2 Å². The van der Waals surface area contributed by atoms with Gasteiger partial charge in [0.15, 0.2) is 0 Å². The fourth-order valence-electron chi connectivity index (χ4n) is 14.5. The van der Waals surface area contributed by atoms with Crippen molar-refractivity contribution in [1.82, 2.24) is 45.1 Å². The summed E-state index contributed by atoms with van der Waals surface area (Å²) in [5, 5.41) is 9.01. The summed E-state index contributed by atoms with van der Waals surface area (Å²) in [6.45, 7) is 20.1. The number of hydrogen-bond donors (Lipinski definition) is 2. The summed E-state index contributed by atoms with van der Waals surface area (Å²) in [5.41, 5.74) is 11.5. The van der Waals surface area contributed by atoms with E-state index >= 15 is 4.79 Å². The van der Waals surface area contributed by atoms with Gasteiger partial charge >= 0.3 is 5.97 Å². The van der Waals surface area contributed by atoms with Crippen LogP contribution in [0.2, 0.25) is 0 Å². The number of amides is 2. The molecule has 8 bridgehead atoms. The Morgan fingerprint density at radius 1 is 0.963 bits per heavy atom. The number of ether oxygens (including phenoxy) is 4. The second-order valence-electron chi connectivity index (χ2n) is 26.1. The number of thiazole rings is 1. The minimum Gasteiger partial charge on any atom is -0.464 e. The van der Waals surface area contributed by atoms with E-state index in [0.29, 0.717) is 39.0 Å². The largest absolute Gasteiger partial charge is 0.464 e. The Morgan fingerprint density at radius 2 is 1.77 bits per heavy atom. The number of fused-ring (bicyclic) bond motifs is 4. The number of esters is 1. The normalized spacial score (nSPS) is 29.9. The molecule has 0 spiro atoms. The van der Waals surface area contributed by atoms with Crippen LogP contribution in [0.5, 0.6) is 0 Å². The number of methoxy groups -OCH3 is 1. The first-order valence-electron chi connectivity index (χ1n) is 30.2. The number of nitrogens with zero attached hydrogens (tertiary/aromatic N) is 8. The third-order valence-electron chi connectivity index (χ3n) is 19.3. The molecular weight excluding hydrogens is 1040 g/mol. The molecule has 6 aliphatic heterocycles. The zero-order valence-corrected chi connectivity index (χ0v) is 49.2. The number of hydrogen-bond acceptors (Lipinski definition) is 15. The minimum atomic E-state index is -0.985. The first kappa shape index (κ1) is 54.9. The molecule has 1 aromatic carbocycles. The number of anilines is 1. The summed E-state index contributed by atoms with van der Waals surface area (Å²) in [5.74, 6) is -1.11. The number of carbonyl (C=O) groups excluding carboxylic acids is 3. The summed E-state index contributed by atoms with van der Waals surface area (Å²) in [6.07, 6.45) is 11.7. The molecule has 3 saturated carbocycles. The molecule has 9 aliphatic rings. The first-order valence-corrected chi connectivity index (χ1v) is 31.1. The fraction of sp³-hybridized carbons (Fsp3) is 0.619. The lowest BCUT2D eigenvalue weighted by Crippen LogP contribution is -2.72. The lowest BCUT2D eigenvalue weighted by molar-refractivity contribution is -0.172. The van der Waals surface area contributed by atoms with Gasteiger partial charge in [0.2, 0.25) is 5.91 Å². The number of hydrazine groups is 1. The van der Waals surface area contributed by atoms with Crippen molar-refractivity contribution in [3.8, 4) is 22.5 Å². The molecule has 8 fully saturated rings. The van der Waals surface area contributed by atoms with Gasteiger partial charge in [0.1, 0.15) is 17.1 Å². The maximum atomic E-state index is 15.6. The Kier molecular flexibility index (Phi) is 14.9. The summed E-state index contributed by atoms with van der Waals surface area (Å²) in [7, 11) is 1.75. The van der Waals surface area contributed by atoms with Crippen LogP contribution >= 0.6 is 11.3 Å². The van der Waals surface area contributed by atoms with Crippen molar-refractivity contribution in [1.29, 1.82) is 0 Å². The van der Waals surface area contributed by atoms with E-state index in [4.69, 9.17) is 28.9 Å². The van der Waals surface area contributed by atoms with Gasteiger partial charge in [0.05, 0.1) is 66.0 Å². The van der Waals surface area contributed by atoms with E-state index in [1.54, 1.807) is 29.7 Å². The van der Waals surface area contributed by atoms with Gasteiger partial charge in [-0.25, -0.2) is 10.4 Å². The molecule has 10 heterocycles. The number of rotatable bonds is 13. The molecule has 0 radical (unpaired) electrons. The van der Waals surface area contributed by atoms with Crippen LogP contribution in [-0.4, -0.2) is 154 Å². The topological polar surface area (TPSA) is 169 Å². The highest BCUT2D eigenvalue weighted by Crippen LogP contribution is 2.54.